The standard InChI is InChI=1S/C13H9Cl2N3S/c14-8-3-1-2-7(4-8)9-5-11(9)17-13-10(6-16)12(15)18-19-13/h1-4,9,11,17H,5H2/t9-,11+/m0/s1. The van der Waals surface area contributed by atoms with Crippen LogP contribution in [0.5, 0.6) is 0 Å². The third kappa shape index (κ3) is 2.55. The van der Waals surface area contributed by atoms with Crippen molar-refractivity contribution in [2.75, 3.05) is 5.32 Å². The van der Waals surface area contributed by atoms with Crippen LogP contribution in [0.25, 0.3) is 0 Å². The first kappa shape index (κ1) is 12.7. The Kier molecular flexibility index (Phi) is 3.36. The minimum Gasteiger partial charge on any atom is -0.371 e. The molecule has 1 aliphatic rings. The second-order valence-electron chi connectivity index (χ2n) is 4.44. The zero-order valence-corrected chi connectivity index (χ0v) is 12.1. The quantitative estimate of drug-likeness (QED) is 0.920. The number of aromatic nitrogens is 1. The number of anilines is 1. The van der Waals surface area contributed by atoms with Crippen molar-refractivity contribution in [2.45, 2.75) is 18.4 Å². The lowest BCUT2D eigenvalue weighted by atomic mass is 10.1. The number of nitrogens with one attached hydrogen (secondary N) is 1. The van der Waals surface area contributed by atoms with Crippen LogP contribution in [0.4, 0.5) is 5.00 Å². The second-order valence-corrected chi connectivity index (χ2v) is 6.01. The Labute approximate surface area is 124 Å². The Balaban J connectivity index is 1.73. The highest BCUT2D eigenvalue weighted by Gasteiger charge is 2.39. The van der Waals surface area contributed by atoms with E-state index in [1.54, 1.807) is 0 Å². The highest BCUT2D eigenvalue weighted by Crippen LogP contribution is 2.44. The van der Waals surface area contributed by atoms with Crippen LogP contribution in [-0.4, -0.2) is 10.4 Å². The molecule has 19 heavy (non-hydrogen) atoms. The number of benzene rings is 1. The summed E-state index contributed by atoms with van der Waals surface area (Å²) in [4.78, 5) is 0. The number of nitrogens with zero attached hydrogens (tertiary/aromatic N) is 2. The van der Waals surface area contributed by atoms with E-state index in [1.165, 1.54) is 17.1 Å². The van der Waals surface area contributed by atoms with Gasteiger partial charge in [0.25, 0.3) is 0 Å². The molecule has 1 saturated carbocycles. The van der Waals surface area contributed by atoms with Crippen LogP contribution in [0, 0.1) is 11.3 Å². The molecule has 1 fully saturated rings. The molecule has 3 rings (SSSR count). The molecule has 0 saturated heterocycles. The largest absolute Gasteiger partial charge is 0.371 e. The van der Waals surface area contributed by atoms with E-state index in [9.17, 15) is 0 Å². The highest BCUT2D eigenvalue weighted by molar-refractivity contribution is 7.10. The van der Waals surface area contributed by atoms with Gasteiger partial charge in [0.15, 0.2) is 5.15 Å². The van der Waals surface area contributed by atoms with Crippen molar-refractivity contribution in [3.63, 3.8) is 0 Å². The van der Waals surface area contributed by atoms with Gasteiger partial charge in [0.2, 0.25) is 0 Å². The fraction of sp³-hybridized carbons (Fsp3) is 0.231. The number of rotatable bonds is 3. The maximum Gasteiger partial charge on any atom is 0.162 e. The normalized spacial score (nSPS) is 20.9. The molecule has 1 aromatic heterocycles. The molecule has 96 valence electrons. The summed E-state index contributed by atoms with van der Waals surface area (Å²) < 4.78 is 3.98. The average Bonchev–Trinajstić information content (AvgIpc) is 3.07. The van der Waals surface area contributed by atoms with Gasteiger partial charge in [-0.25, -0.2) is 0 Å². The third-order valence-corrected chi connectivity index (χ3v) is 4.53. The van der Waals surface area contributed by atoms with E-state index in [2.05, 4.69) is 21.8 Å². The summed E-state index contributed by atoms with van der Waals surface area (Å²) in [5.74, 6) is 0.436. The van der Waals surface area contributed by atoms with Gasteiger partial charge in [0.1, 0.15) is 16.6 Å². The lowest BCUT2D eigenvalue weighted by Gasteiger charge is -2.03. The number of hydrogen-bond donors (Lipinski definition) is 1. The van der Waals surface area contributed by atoms with Crippen molar-refractivity contribution in [1.82, 2.24) is 4.37 Å². The van der Waals surface area contributed by atoms with E-state index in [0.717, 1.165) is 16.4 Å². The van der Waals surface area contributed by atoms with Crippen molar-refractivity contribution in [2.24, 2.45) is 0 Å². The van der Waals surface area contributed by atoms with Crippen molar-refractivity contribution >= 4 is 39.7 Å². The number of halogens is 2. The first-order valence-electron chi connectivity index (χ1n) is 5.76. The molecular formula is C13H9Cl2N3S. The highest BCUT2D eigenvalue weighted by atomic mass is 35.5. The van der Waals surface area contributed by atoms with Gasteiger partial charge in [-0.1, -0.05) is 35.3 Å². The Morgan fingerprint density at radius 2 is 2.26 bits per heavy atom. The van der Waals surface area contributed by atoms with Gasteiger partial charge in [-0.2, -0.15) is 9.64 Å². The van der Waals surface area contributed by atoms with Crippen molar-refractivity contribution in [3.8, 4) is 6.07 Å². The maximum absolute atomic E-state index is 9.02. The minimum atomic E-state index is 0.273. The summed E-state index contributed by atoms with van der Waals surface area (Å²) in [6.07, 6.45) is 1.03. The molecule has 2 atom stereocenters. The Morgan fingerprint density at radius 1 is 1.42 bits per heavy atom. The Bertz CT molecular complexity index is 662. The van der Waals surface area contributed by atoms with Crippen LogP contribution in [0.1, 0.15) is 23.5 Å². The first-order valence-corrected chi connectivity index (χ1v) is 7.29. The van der Waals surface area contributed by atoms with E-state index >= 15 is 0 Å². The van der Waals surface area contributed by atoms with Gasteiger partial charge < -0.3 is 5.32 Å². The summed E-state index contributed by atoms with van der Waals surface area (Å²) in [5.41, 5.74) is 1.66. The number of hydrogen-bond acceptors (Lipinski definition) is 4. The predicted octanol–water partition coefficient (Wildman–Crippen LogP) is 4.29. The Morgan fingerprint density at radius 3 is 3.00 bits per heavy atom. The van der Waals surface area contributed by atoms with Crippen molar-refractivity contribution < 1.29 is 0 Å². The number of nitriles is 1. The maximum atomic E-state index is 9.02. The predicted molar refractivity (Wildman–Crippen MR) is 78.1 cm³/mol. The van der Waals surface area contributed by atoms with E-state index < -0.39 is 0 Å². The SMILES string of the molecule is N#Cc1c(Cl)nsc1N[C@@H]1C[C@H]1c1cccc(Cl)c1. The third-order valence-electron chi connectivity index (χ3n) is 3.15. The van der Waals surface area contributed by atoms with Crippen LogP contribution in [-0.2, 0) is 0 Å². The molecule has 0 bridgehead atoms. The van der Waals surface area contributed by atoms with Crippen LogP contribution in [0.15, 0.2) is 24.3 Å². The molecule has 0 spiro atoms. The van der Waals surface area contributed by atoms with Gasteiger partial charge >= 0.3 is 0 Å². The minimum absolute atomic E-state index is 0.273. The fourth-order valence-corrected chi connectivity index (χ4v) is 3.29. The van der Waals surface area contributed by atoms with Crippen LogP contribution in [0.2, 0.25) is 10.2 Å². The summed E-state index contributed by atoms with van der Waals surface area (Å²) in [5, 5.41) is 14.1. The van der Waals surface area contributed by atoms with E-state index in [4.69, 9.17) is 28.5 Å². The molecule has 0 amide bonds. The molecule has 3 nitrogen and oxygen atoms in total. The van der Waals surface area contributed by atoms with Gasteiger partial charge in [0.05, 0.1) is 0 Å². The molecule has 1 N–H and O–H groups in total. The lowest BCUT2D eigenvalue weighted by molar-refractivity contribution is 1.05. The van der Waals surface area contributed by atoms with Gasteiger partial charge in [-0.3, -0.25) is 0 Å². The van der Waals surface area contributed by atoms with Crippen molar-refractivity contribution in [3.05, 3.63) is 45.6 Å². The fourth-order valence-electron chi connectivity index (χ4n) is 2.09. The summed E-state index contributed by atoms with van der Waals surface area (Å²) in [6, 6.07) is 10.3. The van der Waals surface area contributed by atoms with Gasteiger partial charge in [0, 0.05) is 17.0 Å². The Hall–Kier alpha value is -1.28. The molecule has 2 aromatic rings. The molecule has 0 radical (unpaired) electrons. The lowest BCUT2D eigenvalue weighted by Crippen LogP contribution is -2.03. The average molecular weight is 310 g/mol. The molecule has 6 heteroatoms. The smallest absolute Gasteiger partial charge is 0.162 e. The molecule has 1 aliphatic carbocycles. The van der Waals surface area contributed by atoms with E-state index in [0.29, 0.717) is 17.5 Å². The van der Waals surface area contributed by atoms with E-state index in [1.807, 2.05) is 18.2 Å². The molecular weight excluding hydrogens is 301 g/mol. The van der Waals surface area contributed by atoms with Crippen LogP contribution >= 0.6 is 34.7 Å². The first-order chi connectivity index (χ1) is 9.19. The molecule has 1 aromatic carbocycles. The molecule has 0 aliphatic heterocycles. The summed E-state index contributed by atoms with van der Waals surface area (Å²) in [7, 11) is 0. The summed E-state index contributed by atoms with van der Waals surface area (Å²) >= 11 is 13.1. The zero-order valence-electron chi connectivity index (χ0n) is 9.73. The van der Waals surface area contributed by atoms with Crippen LogP contribution in [0.3, 0.4) is 0 Å². The van der Waals surface area contributed by atoms with Gasteiger partial charge in [-0.05, 0) is 35.6 Å². The van der Waals surface area contributed by atoms with Crippen LogP contribution < -0.4 is 5.32 Å². The topological polar surface area (TPSA) is 48.7 Å². The summed E-state index contributed by atoms with van der Waals surface area (Å²) in [6.45, 7) is 0. The van der Waals surface area contributed by atoms with Gasteiger partial charge in [-0.15, -0.1) is 0 Å². The zero-order chi connectivity index (χ0) is 13.4. The van der Waals surface area contributed by atoms with E-state index in [-0.39, 0.29) is 5.15 Å². The molecule has 1 heterocycles. The van der Waals surface area contributed by atoms with Crippen molar-refractivity contribution in [1.29, 1.82) is 5.26 Å². The molecule has 0 unspecified atom stereocenters. The monoisotopic (exact) mass is 309 g/mol. The second kappa shape index (κ2) is 5.01.